The zero-order chi connectivity index (χ0) is 22.1. The van der Waals surface area contributed by atoms with Gasteiger partial charge < -0.3 is 25.0 Å². The number of aliphatic imine (C=N–C) groups is 1. The summed E-state index contributed by atoms with van der Waals surface area (Å²) in [5, 5.41) is 7.23. The molecule has 0 radical (unpaired) electrons. The summed E-state index contributed by atoms with van der Waals surface area (Å²) in [4.78, 5) is 7.38. The first kappa shape index (κ1) is 27.3. The van der Waals surface area contributed by atoms with Gasteiger partial charge in [0.15, 0.2) is 5.96 Å². The van der Waals surface area contributed by atoms with Crippen molar-refractivity contribution in [2.24, 2.45) is 4.99 Å². The Labute approximate surface area is 211 Å². The molecule has 1 aromatic rings. The molecule has 32 heavy (non-hydrogen) atoms. The molecule has 1 aromatic carbocycles. The minimum absolute atomic E-state index is 0. The van der Waals surface area contributed by atoms with Gasteiger partial charge in [-0.2, -0.15) is 0 Å². The maximum Gasteiger partial charge on any atom is 0.193 e. The van der Waals surface area contributed by atoms with E-state index in [0.29, 0.717) is 12.2 Å². The number of ether oxygens (including phenoxy) is 2. The van der Waals surface area contributed by atoms with Crippen molar-refractivity contribution in [3.63, 3.8) is 0 Å². The van der Waals surface area contributed by atoms with Crippen molar-refractivity contribution in [2.75, 3.05) is 39.4 Å². The number of hydrogen-bond acceptors (Lipinski definition) is 4. The second-order valence-electron chi connectivity index (χ2n) is 9.49. The highest BCUT2D eigenvalue weighted by Crippen LogP contribution is 2.19. The SMILES string of the molecule is CCNC(=NCC(C)(C)NC(C)c1ccccc1)N1CCC(OCC2CCCO2)CC1.I. The maximum absolute atomic E-state index is 6.13. The van der Waals surface area contributed by atoms with Crippen LogP contribution in [0.15, 0.2) is 35.3 Å². The van der Waals surface area contributed by atoms with Crippen molar-refractivity contribution in [3.8, 4) is 0 Å². The van der Waals surface area contributed by atoms with Crippen LogP contribution in [0.25, 0.3) is 0 Å². The molecule has 0 aromatic heterocycles. The quantitative estimate of drug-likeness (QED) is 0.268. The number of guanidine groups is 1. The van der Waals surface area contributed by atoms with Gasteiger partial charge in [-0.3, -0.25) is 4.99 Å². The van der Waals surface area contributed by atoms with Crippen LogP contribution in [0.3, 0.4) is 0 Å². The zero-order valence-electron chi connectivity index (χ0n) is 20.3. The Morgan fingerprint density at radius 1 is 1.22 bits per heavy atom. The van der Waals surface area contributed by atoms with Crippen LogP contribution in [0.5, 0.6) is 0 Å². The van der Waals surface area contributed by atoms with Crippen LogP contribution in [-0.4, -0.2) is 68.0 Å². The minimum atomic E-state index is -0.0986. The number of nitrogens with zero attached hydrogens (tertiary/aromatic N) is 2. The molecule has 2 heterocycles. The molecular formula is C25H43IN4O2. The highest BCUT2D eigenvalue weighted by Gasteiger charge is 2.25. The predicted molar refractivity (Wildman–Crippen MR) is 143 cm³/mol. The van der Waals surface area contributed by atoms with E-state index in [-0.39, 0.29) is 35.6 Å². The van der Waals surface area contributed by atoms with Gasteiger partial charge in [-0.15, -0.1) is 24.0 Å². The molecule has 2 unspecified atom stereocenters. The van der Waals surface area contributed by atoms with Crippen LogP contribution < -0.4 is 10.6 Å². The number of piperidine rings is 1. The van der Waals surface area contributed by atoms with E-state index in [1.165, 1.54) is 12.0 Å². The van der Waals surface area contributed by atoms with Crippen LogP contribution in [0, 0.1) is 0 Å². The molecule has 2 N–H and O–H groups in total. The summed E-state index contributed by atoms with van der Waals surface area (Å²) in [6.07, 6.45) is 5.05. The molecule has 0 aliphatic carbocycles. The Morgan fingerprint density at radius 3 is 2.56 bits per heavy atom. The first-order valence-corrected chi connectivity index (χ1v) is 12.1. The molecule has 182 valence electrons. The average Bonchev–Trinajstić information content (AvgIpc) is 3.30. The van der Waals surface area contributed by atoms with Crippen LogP contribution >= 0.6 is 24.0 Å². The molecule has 3 rings (SSSR count). The first-order chi connectivity index (χ1) is 15.0. The van der Waals surface area contributed by atoms with Gasteiger partial charge >= 0.3 is 0 Å². The molecule has 2 aliphatic heterocycles. The average molecular weight is 559 g/mol. The highest BCUT2D eigenvalue weighted by atomic mass is 127. The van der Waals surface area contributed by atoms with E-state index >= 15 is 0 Å². The lowest BCUT2D eigenvalue weighted by molar-refractivity contribution is -0.0367. The molecule has 0 amide bonds. The third-order valence-corrected chi connectivity index (χ3v) is 6.15. The smallest absolute Gasteiger partial charge is 0.193 e. The van der Waals surface area contributed by atoms with Crippen LogP contribution in [0.1, 0.15) is 65.0 Å². The Hall–Kier alpha value is -0.900. The van der Waals surface area contributed by atoms with Crippen molar-refractivity contribution in [3.05, 3.63) is 35.9 Å². The summed E-state index contributed by atoms with van der Waals surface area (Å²) in [5.41, 5.74) is 1.20. The maximum atomic E-state index is 6.13. The number of rotatable bonds is 9. The molecule has 0 bridgehead atoms. The van der Waals surface area contributed by atoms with Gasteiger partial charge in [0, 0.05) is 37.8 Å². The number of hydrogen-bond donors (Lipinski definition) is 2. The second-order valence-corrected chi connectivity index (χ2v) is 9.49. The largest absolute Gasteiger partial charge is 0.376 e. The van der Waals surface area contributed by atoms with Crippen molar-refractivity contribution in [2.45, 2.75) is 77.2 Å². The van der Waals surface area contributed by atoms with E-state index in [4.69, 9.17) is 14.5 Å². The molecule has 2 atom stereocenters. The van der Waals surface area contributed by atoms with Gasteiger partial charge in [-0.25, -0.2) is 0 Å². The minimum Gasteiger partial charge on any atom is -0.376 e. The van der Waals surface area contributed by atoms with Gasteiger partial charge in [0.25, 0.3) is 0 Å². The molecule has 7 heteroatoms. The number of halogens is 1. The van der Waals surface area contributed by atoms with E-state index < -0.39 is 0 Å². The van der Waals surface area contributed by atoms with E-state index in [2.05, 4.69) is 73.6 Å². The zero-order valence-corrected chi connectivity index (χ0v) is 22.6. The van der Waals surface area contributed by atoms with Crippen molar-refractivity contribution >= 4 is 29.9 Å². The first-order valence-electron chi connectivity index (χ1n) is 12.1. The van der Waals surface area contributed by atoms with Crippen molar-refractivity contribution < 1.29 is 9.47 Å². The molecule has 2 aliphatic rings. The molecule has 2 fully saturated rings. The Morgan fingerprint density at radius 2 is 1.94 bits per heavy atom. The van der Waals surface area contributed by atoms with E-state index in [1.807, 2.05) is 0 Å². The predicted octanol–water partition coefficient (Wildman–Crippen LogP) is 4.36. The molecular weight excluding hydrogens is 515 g/mol. The Balaban J connectivity index is 0.00000363. The lowest BCUT2D eigenvalue weighted by Gasteiger charge is -2.35. The summed E-state index contributed by atoms with van der Waals surface area (Å²) >= 11 is 0. The van der Waals surface area contributed by atoms with Gasteiger partial charge in [-0.05, 0) is 58.9 Å². The highest BCUT2D eigenvalue weighted by molar-refractivity contribution is 14.0. The fourth-order valence-electron chi connectivity index (χ4n) is 4.41. The molecule has 0 saturated carbocycles. The third kappa shape index (κ3) is 8.80. The van der Waals surface area contributed by atoms with Crippen LogP contribution in [0.2, 0.25) is 0 Å². The van der Waals surface area contributed by atoms with Gasteiger partial charge in [-0.1, -0.05) is 30.3 Å². The van der Waals surface area contributed by atoms with E-state index in [9.17, 15) is 0 Å². The lowest BCUT2D eigenvalue weighted by Crippen LogP contribution is -2.49. The molecule has 2 saturated heterocycles. The Bertz CT molecular complexity index is 672. The van der Waals surface area contributed by atoms with E-state index in [0.717, 1.165) is 64.6 Å². The summed E-state index contributed by atoms with van der Waals surface area (Å²) < 4.78 is 11.8. The fourth-order valence-corrected chi connectivity index (χ4v) is 4.41. The standard InChI is InChI=1S/C25H42N4O2.HI/c1-5-26-24(27-19-25(3,4)28-20(2)21-10-7-6-8-11-21)29-15-13-22(14-16-29)31-18-23-12-9-17-30-23;/h6-8,10-11,20,22-23,28H,5,9,12-19H2,1-4H3,(H,26,27);1H. The third-order valence-electron chi connectivity index (χ3n) is 6.15. The summed E-state index contributed by atoms with van der Waals surface area (Å²) in [7, 11) is 0. The number of likely N-dealkylation sites (tertiary alicyclic amines) is 1. The van der Waals surface area contributed by atoms with Crippen molar-refractivity contribution in [1.29, 1.82) is 0 Å². The molecule has 0 spiro atoms. The van der Waals surface area contributed by atoms with Gasteiger partial charge in [0.2, 0.25) is 0 Å². The monoisotopic (exact) mass is 558 g/mol. The van der Waals surface area contributed by atoms with Gasteiger partial charge in [0.1, 0.15) is 0 Å². The summed E-state index contributed by atoms with van der Waals surface area (Å²) in [6.45, 7) is 14.0. The lowest BCUT2D eigenvalue weighted by atomic mass is 10.0. The second kappa shape index (κ2) is 13.7. The van der Waals surface area contributed by atoms with E-state index in [1.54, 1.807) is 0 Å². The topological polar surface area (TPSA) is 58.1 Å². The fraction of sp³-hybridized carbons (Fsp3) is 0.720. The van der Waals surface area contributed by atoms with Gasteiger partial charge in [0.05, 0.1) is 25.4 Å². The number of benzene rings is 1. The van der Waals surface area contributed by atoms with Crippen LogP contribution in [-0.2, 0) is 9.47 Å². The molecule has 6 nitrogen and oxygen atoms in total. The summed E-state index contributed by atoms with van der Waals surface area (Å²) in [5.74, 6) is 1.02. The Kier molecular flexibility index (Phi) is 11.7. The number of nitrogens with one attached hydrogen (secondary N) is 2. The van der Waals surface area contributed by atoms with Crippen molar-refractivity contribution in [1.82, 2.24) is 15.5 Å². The normalized spacial score (nSPS) is 21.3. The summed E-state index contributed by atoms with van der Waals surface area (Å²) in [6, 6.07) is 10.9. The van der Waals surface area contributed by atoms with Crippen LogP contribution in [0.4, 0.5) is 0 Å².